The first-order valence-corrected chi connectivity index (χ1v) is 14.2. The fraction of sp³-hybridized carbons (Fsp3) is 0.240. The van der Waals surface area contributed by atoms with Crippen molar-refractivity contribution in [3.8, 4) is 5.75 Å². The van der Waals surface area contributed by atoms with Crippen LogP contribution in [0.1, 0.15) is 36.1 Å². The Morgan fingerprint density at radius 2 is 1.69 bits per heavy atom. The van der Waals surface area contributed by atoms with E-state index in [-0.39, 0.29) is 10.6 Å². The molecule has 3 aromatic carbocycles. The van der Waals surface area contributed by atoms with Gasteiger partial charge < -0.3 is 4.74 Å². The molecule has 0 fully saturated rings. The van der Waals surface area contributed by atoms with E-state index in [1.807, 2.05) is 25.1 Å². The molecular formula is C25H27N3O5S2. The van der Waals surface area contributed by atoms with Crippen molar-refractivity contribution in [3.63, 3.8) is 0 Å². The summed E-state index contributed by atoms with van der Waals surface area (Å²) in [6.45, 7) is 3.46. The van der Waals surface area contributed by atoms with Crippen LogP contribution in [0.4, 0.5) is 5.69 Å². The van der Waals surface area contributed by atoms with Crippen molar-refractivity contribution >= 4 is 31.4 Å². The third kappa shape index (κ3) is 5.33. The average Bonchev–Trinajstić information content (AvgIpc) is 3.31. The van der Waals surface area contributed by atoms with E-state index in [2.05, 4.69) is 9.82 Å². The van der Waals surface area contributed by atoms with Gasteiger partial charge in [0.15, 0.2) is 0 Å². The Kier molecular flexibility index (Phi) is 6.86. The van der Waals surface area contributed by atoms with Crippen LogP contribution in [-0.4, -0.2) is 39.8 Å². The molecule has 1 aliphatic heterocycles. The number of nitrogens with zero attached hydrogens (tertiary/aromatic N) is 2. The minimum Gasteiger partial charge on any atom is -0.497 e. The van der Waals surface area contributed by atoms with Gasteiger partial charge in [0, 0.05) is 12.1 Å². The molecule has 0 saturated carbocycles. The smallest absolute Gasteiger partial charge is 0.279 e. The SMILES string of the molecule is CCS(=O)(=O)Nc1ccc(C2=NN(S(=O)(=O)c3ccc(C)cc3)[C@H](c3cccc(OC)c3)C2)cc1. The summed E-state index contributed by atoms with van der Waals surface area (Å²) < 4.78 is 59.9. The summed E-state index contributed by atoms with van der Waals surface area (Å²) in [5.74, 6) is 0.589. The van der Waals surface area contributed by atoms with Crippen LogP contribution in [-0.2, 0) is 20.0 Å². The number of sulfonamides is 2. The fourth-order valence-corrected chi connectivity index (χ4v) is 5.86. The van der Waals surface area contributed by atoms with Gasteiger partial charge in [-0.05, 0) is 61.4 Å². The molecule has 1 aliphatic rings. The Labute approximate surface area is 206 Å². The van der Waals surface area contributed by atoms with E-state index < -0.39 is 26.1 Å². The Hall–Kier alpha value is -3.37. The van der Waals surface area contributed by atoms with Crippen molar-refractivity contribution in [3.05, 3.63) is 89.5 Å². The van der Waals surface area contributed by atoms with Crippen molar-refractivity contribution in [1.82, 2.24) is 4.41 Å². The number of benzene rings is 3. The van der Waals surface area contributed by atoms with E-state index in [1.54, 1.807) is 68.6 Å². The average molecular weight is 514 g/mol. The van der Waals surface area contributed by atoms with Gasteiger partial charge in [0.2, 0.25) is 10.0 Å². The molecule has 4 rings (SSSR count). The predicted octanol–water partition coefficient (Wildman–Crippen LogP) is 4.31. The summed E-state index contributed by atoms with van der Waals surface area (Å²) in [5.41, 5.74) is 3.43. The van der Waals surface area contributed by atoms with Crippen molar-refractivity contribution < 1.29 is 21.6 Å². The van der Waals surface area contributed by atoms with Crippen molar-refractivity contribution in [1.29, 1.82) is 0 Å². The fourth-order valence-electron chi connectivity index (χ4n) is 3.78. The Bertz CT molecular complexity index is 1450. The van der Waals surface area contributed by atoms with Crippen LogP contribution in [0.25, 0.3) is 0 Å². The van der Waals surface area contributed by atoms with E-state index in [4.69, 9.17) is 4.74 Å². The lowest BCUT2D eigenvalue weighted by Crippen LogP contribution is -2.27. The first-order valence-electron chi connectivity index (χ1n) is 11.1. The van der Waals surface area contributed by atoms with Crippen LogP contribution in [0.5, 0.6) is 5.75 Å². The van der Waals surface area contributed by atoms with Crippen LogP contribution in [0, 0.1) is 6.92 Å². The molecule has 0 unspecified atom stereocenters. The number of nitrogens with one attached hydrogen (secondary N) is 1. The molecule has 184 valence electrons. The number of methoxy groups -OCH3 is 1. The molecule has 1 atom stereocenters. The highest BCUT2D eigenvalue weighted by atomic mass is 32.2. The lowest BCUT2D eigenvalue weighted by atomic mass is 9.99. The van der Waals surface area contributed by atoms with Crippen molar-refractivity contribution in [2.45, 2.75) is 31.2 Å². The van der Waals surface area contributed by atoms with Crippen LogP contribution in [0.2, 0.25) is 0 Å². The number of hydrazone groups is 1. The van der Waals surface area contributed by atoms with Crippen LogP contribution >= 0.6 is 0 Å². The summed E-state index contributed by atoms with van der Waals surface area (Å²) in [6.07, 6.45) is 0.346. The summed E-state index contributed by atoms with van der Waals surface area (Å²) in [4.78, 5) is 0.158. The van der Waals surface area contributed by atoms with E-state index in [9.17, 15) is 16.8 Å². The van der Waals surface area contributed by atoms with E-state index in [0.717, 1.165) is 15.5 Å². The molecule has 0 spiro atoms. The molecule has 10 heteroatoms. The molecule has 8 nitrogen and oxygen atoms in total. The highest BCUT2D eigenvalue weighted by Crippen LogP contribution is 2.38. The van der Waals surface area contributed by atoms with Gasteiger partial charge >= 0.3 is 0 Å². The second-order valence-corrected chi connectivity index (χ2v) is 12.0. The topological polar surface area (TPSA) is 105 Å². The molecule has 0 aromatic heterocycles. The highest BCUT2D eigenvalue weighted by Gasteiger charge is 2.37. The second kappa shape index (κ2) is 9.71. The van der Waals surface area contributed by atoms with Crippen LogP contribution < -0.4 is 9.46 Å². The molecule has 1 heterocycles. The minimum absolute atomic E-state index is 0.0322. The zero-order chi connectivity index (χ0) is 25.2. The lowest BCUT2D eigenvalue weighted by Gasteiger charge is -2.23. The molecule has 1 N–H and O–H groups in total. The van der Waals surface area contributed by atoms with Gasteiger partial charge in [0.05, 0.1) is 29.5 Å². The van der Waals surface area contributed by atoms with E-state index in [1.165, 1.54) is 0 Å². The zero-order valence-electron chi connectivity index (χ0n) is 19.7. The van der Waals surface area contributed by atoms with Crippen molar-refractivity contribution in [2.24, 2.45) is 5.10 Å². The van der Waals surface area contributed by atoms with Crippen LogP contribution in [0.3, 0.4) is 0 Å². The number of hydrogen-bond acceptors (Lipinski definition) is 6. The molecule has 0 radical (unpaired) electrons. The molecule has 0 saturated heterocycles. The Balaban J connectivity index is 1.73. The number of rotatable bonds is 8. The monoisotopic (exact) mass is 513 g/mol. The largest absolute Gasteiger partial charge is 0.497 e. The molecule has 0 amide bonds. The first-order chi connectivity index (χ1) is 16.6. The summed E-state index contributed by atoms with van der Waals surface area (Å²) in [5, 5.41) is 4.55. The number of anilines is 1. The van der Waals surface area contributed by atoms with Gasteiger partial charge in [0.1, 0.15) is 5.75 Å². The molecule has 0 aliphatic carbocycles. The Morgan fingerprint density at radius 1 is 1.00 bits per heavy atom. The summed E-state index contributed by atoms with van der Waals surface area (Å²) in [7, 11) is -5.77. The van der Waals surface area contributed by atoms with Gasteiger partial charge in [-0.3, -0.25) is 4.72 Å². The molecular weight excluding hydrogens is 486 g/mol. The zero-order valence-corrected chi connectivity index (χ0v) is 21.3. The summed E-state index contributed by atoms with van der Waals surface area (Å²) >= 11 is 0. The van der Waals surface area contributed by atoms with Crippen LogP contribution in [0.15, 0.2) is 82.8 Å². The predicted molar refractivity (Wildman–Crippen MR) is 137 cm³/mol. The standard InChI is InChI=1S/C25H27N3O5S2/c1-4-34(29,30)27-21-12-10-19(11-13-21)24-17-25(20-6-5-7-22(16-20)33-3)28(26-24)35(31,32)23-14-8-18(2)9-15-23/h5-16,25,27H,4,17H2,1-3H3/t25-/m0/s1. The third-order valence-corrected chi connectivity index (χ3v) is 8.79. The lowest BCUT2D eigenvalue weighted by molar-refractivity contribution is 0.368. The first kappa shape index (κ1) is 24.7. The molecule has 35 heavy (non-hydrogen) atoms. The normalized spacial score (nSPS) is 16.1. The van der Waals surface area contributed by atoms with Gasteiger partial charge in [-0.25, -0.2) is 8.42 Å². The van der Waals surface area contributed by atoms with Crippen molar-refractivity contribution in [2.75, 3.05) is 17.6 Å². The third-order valence-electron chi connectivity index (χ3n) is 5.79. The minimum atomic E-state index is -3.94. The second-order valence-electron chi connectivity index (χ2n) is 8.22. The summed E-state index contributed by atoms with van der Waals surface area (Å²) in [6, 6.07) is 20.1. The molecule has 3 aromatic rings. The van der Waals surface area contributed by atoms with Gasteiger partial charge in [-0.1, -0.05) is 42.0 Å². The van der Waals surface area contributed by atoms with E-state index in [0.29, 0.717) is 29.1 Å². The number of ether oxygens (including phenoxy) is 1. The Morgan fingerprint density at radius 3 is 2.31 bits per heavy atom. The van der Waals surface area contributed by atoms with Gasteiger partial charge in [-0.15, -0.1) is 0 Å². The highest BCUT2D eigenvalue weighted by molar-refractivity contribution is 7.92. The maximum atomic E-state index is 13.6. The van der Waals surface area contributed by atoms with E-state index >= 15 is 0 Å². The number of hydrogen-bond donors (Lipinski definition) is 1. The quantitative estimate of drug-likeness (QED) is 0.483. The van der Waals surface area contributed by atoms with Gasteiger partial charge in [0.25, 0.3) is 10.0 Å². The molecule has 0 bridgehead atoms. The maximum Gasteiger partial charge on any atom is 0.279 e. The van der Waals surface area contributed by atoms with Gasteiger partial charge in [-0.2, -0.15) is 17.9 Å². The number of aryl methyl sites for hydroxylation is 1. The maximum absolute atomic E-state index is 13.6.